The Hall–Kier alpha value is -1.32. The molecule has 1 N–H and O–H groups in total. The predicted octanol–water partition coefficient (Wildman–Crippen LogP) is 3.26. The van der Waals surface area contributed by atoms with Crippen molar-refractivity contribution in [2.45, 2.75) is 38.0 Å². The molecular formula is C15H19NO2. The van der Waals surface area contributed by atoms with Gasteiger partial charge in [-0.05, 0) is 31.9 Å². The SMILES string of the molecule is COC1CC(NC(C)c2cc3ccccc3o2)C1. The molecule has 96 valence electrons. The molecule has 1 fully saturated rings. The third-order valence-electron chi connectivity index (χ3n) is 3.79. The largest absolute Gasteiger partial charge is 0.459 e. The van der Waals surface area contributed by atoms with Gasteiger partial charge in [-0.25, -0.2) is 0 Å². The standard InChI is InChI=1S/C15H19NO2/c1-10(16-12-8-13(9-12)17-2)15-7-11-5-3-4-6-14(11)18-15/h3-7,10,12-13,16H,8-9H2,1-2H3. The molecule has 0 aliphatic heterocycles. The first-order valence-corrected chi connectivity index (χ1v) is 6.53. The summed E-state index contributed by atoms with van der Waals surface area (Å²) in [7, 11) is 1.78. The van der Waals surface area contributed by atoms with E-state index in [9.17, 15) is 0 Å². The van der Waals surface area contributed by atoms with Gasteiger partial charge in [0.05, 0.1) is 12.1 Å². The highest BCUT2D eigenvalue weighted by atomic mass is 16.5. The Morgan fingerprint density at radius 1 is 1.33 bits per heavy atom. The minimum absolute atomic E-state index is 0.250. The molecule has 1 atom stereocenters. The van der Waals surface area contributed by atoms with Gasteiger partial charge >= 0.3 is 0 Å². The van der Waals surface area contributed by atoms with Crippen LogP contribution in [-0.2, 0) is 4.74 Å². The van der Waals surface area contributed by atoms with Gasteiger partial charge in [0.2, 0.25) is 0 Å². The second-order valence-electron chi connectivity index (χ2n) is 5.10. The Bertz CT molecular complexity index is 495. The molecule has 1 aliphatic rings. The first kappa shape index (κ1) is 11.8. The molecule has 1 aliphatic carbocycles. The third-order valence-corrected chi connectivity index (χ3v) is 3.79. The maximum absolute atomic E-state index is 5.86. The lowest BCUT2D eigenvalue weighted by atomic mass is 9.88. The average molecular weight is 245 g/mol. The van der Waals surface area contributed by atoms with Crippen molar-refractivity contribution in [2.24, 2.45) is 0 Å². The van der Waals surface area contributed by atoms with Gasteiger partial charge in [0, 0.05) is 18.5 Å². The molecule has 0 saturated heterocycles. The zero-order chi connectivity index (χ0) is 12.5. The summed E-state index contributed by atoms with van der Waals surface area (Å²) < 4.78 is 11.1. The minimum Gasteiger partial charge on any atom is -0.459 e. The van der Waals surface area contributed by atoms with Gasteiger partial charge in [0.1, 0.15) is 11.3 Å². The number of ether oxygens (including phenoxy) is 1. The number of nitrogens with one attached hydrogen (secondary N) is 1. The van der Waals surface area contributed by atoms with Crippen molar-refractivity contribution in [3.05, 3.63) is 36.1 Å². The summed E-state index contributed by atoms with van der Waals surface area (Å²) in [6, 6.07) is 11.1. The van der Waals surface area contributed by atoms with Gasteiger partial charge in [-0.2, -0.15) is 0 Å². The molecule has 0 spiro atoms. The minimum atomic E-state index is 0.250. The summed E-state index contributed by atoms with van der Waals surface area (Å²) in [4.78, 5) is 0. The highest BCUT2D eigenvalue weighted by Gasteiger charge is 2.30. The summed E-state index contributed by atoms with van der Waals surface area (Å²) in [6.45, 7) is 2.15. The van der Waals surface area contributed by atoms with Gasteiger partial charge in [-0.15, -0.1) is 0 Å². The molecule has 18 heavy (non-hydrogen) atoms. The van der Waals surface area contributed by atoms with Crippen LogP contribution in [0.1, 0.15) is 31.6 Å². The fourth-order valence-electron chi connectivity index (χ4n) is 2.55. The summed E-state index contributed by atoms with van der Waals surface area (Å²) in [6.07, 6.45) is 2.63. The normalized spacial score (nSPS) is 25.0. The number of fused-ring (bicyclic) bond motifs is 1. The van der Waals surface area contributed by atoms with E-state index in [1.165, 1.54) is 5.39 Å². The van der Waals surface area contributed by atoms with E-state index >= 15 is 0 Å². The Kier molecular flexibility index (Phi) is 3.10. The molecule has 3 heteroatoms. The maximum Gasteiger partial charge on any atom is 0.134 e. The van der Waals surface area contributed by atoms with Crippen LogP contribution in [0.4, 0.5) is 0 Å². The molecule has 1 heterocycles. The molecule has 3 nitrogen and oxygen atoms in total. The van der Waals surface area contributed by atoms with E-state index in [1.54, 1.807) is 7.11 Å². The van der Waals surface area contributed by atoms with E-state index in [2.05, 4.69) is 24.4 Å². The van der Waals surface area contributed by atoms with Crippen LogP contribution in [0.15, 0.2) is 34.7 Å². The van der Waals surface area contributed by atoms with Gasteiger partial charge in [-0.3, -0.25) is 0 Å². The van der Waals surface area contributed by atoms with Crippen LogP contribution in [0.25, 0.3) is 11.0 Å². The average Bonchev–Trinajstić information content (AvgIpc) is 2.76. The molecule has 1 unspecified atom stereocenters. The van der Waals surface area contributed by atoms with Gasteiger partial charge in [0.25, 0.3) is 0 Å². The van der Waals surface area contributed by atoms with Crippen LogP contribution in [0.3, 0.4) is 0 Å². The van der Waals surface area contributed by atoms with Crippen molar-refractivity contribution < 1.29 is 9.15 Å². The maximum atomic E-state index is 5.86. The fourth-order valence-corrected chi connectivity index (χ4v) is 2.55. The number of methoxy groups -OCH3 is 1. The van der Waals surface area contributed by atoms with Crippen LogP contribution < -0.4 is 5.32 Å². The van der Waals surface area contributed by atoms with Gasteiger partial charge < -0.3 is 14.5 Å². The Morgan fingerprint density at radius 2 is 2.11 bits per heavy atom. The van der Waals surface area contributed by atoms with E-state index in [0.29, 0.717) is 12.1 Å². The monoisotopic (exact) mass is 245 g/mol. The zero-order valence-electron chi connectivity index (χ0n) is 10.8. The highest BCUT2D eigenvalue weighted by Crippen LogP contribution is 2.28. The molecular weight excluding hydrogens is 226 g/mol. The van der Waals surface area contributed by atoms with Crippen LogP contribution in [0.5, 0.6) is 0 Å². The lowest BCUT2D eigenvalue weighted by molar-refractivity contribution is 0.0141. The van der Waals surface area contributed by atoms with Gasteiger partial charge in [-0.1, -0.05) is 18.2 Å². The summed E-state index contributed by atoms with van der Waals surface area (Å²) in [5, 5.41) is 4.75. The van der Waals surface area contributed by atoms with E-state index in [1.807, 2.05) is 18.2 Å². The van der Waals surface area contributed by atoms with Crippen LogP contribution >= 0.6 is 0 Å². The number of furan rings is 1. The topological polar surface area (TPSA) is 34.4 Å². The van der Waals surface area contributed by atoms with Crippen LogP contribution in [-0.4, -0.2) is 19.3 Å². The quantitative estimate of drug-likeness (QED) is 0.897. The second-order valence-corrected chi connectivity index (χ2v) is 5.10. The van der Waals surface area contributed by atoms with E-state index in [-0.39, 0.29) is 6.04 Å². The molecule has 1 aromatic carbocycles. The van der Waals surface area contributed by atoms with Crippen molar-refractivity contribution in [1.29, 1.82) is 0 Å². The van der Waals surface area contributed by atoms with Crippen molar-refractivity contribution in [3.63, 3.8) is 0 Å². The Balaban J connectivity index is 1.67. The third kappa shape index (κ3) is 2.16. The lowest BCUT2D eigenvalue weighted by Crippen LogP contribution is -2.45. The summed E-state index contributed by atoms with van der Waals surface area (Å²) >= 11 is 0. The summed E-state index contributed by atoms with van der Waals surface area (Å²) in [5.74, 6) is 1.01. The van der Waals surface area contributed by atoms with Gasteiger partial charge in [0.15, 0.2) is 0 Å². The number of benzene rings is 1. The Morgan fingerprint density at radius 3 is 2.83 bits per heavy atom. The molecule has 0 radical (unpaired) electrons. The zero-order valence-corrected chi connectivity index (χ0v) is 10.8. The van der Waals surface area contributed by atoms with Crippen molar-refractivity contribution in [3.8, 4) is 0 Å². The molecule has 3 rings (SSSR count). The number of hydrogen-bond acceptors (Lipinski definition) is 3. The lowest BCUT2D eigenvalue weighted by Gasteiger charge is -2.36. The van der Waals surface area contributed by atoms with Crippen molar-refractivity contribution >= 4 is 11.0 Å². The molecule has 0 amide bonds. The van der Waals surface area contributed by atoms with E-state index < -0.39 is 0 Å². The van der Waals surface area contributed by atoms with Crippen LogP contribution in [0, 0.1) is 0 Å². The van der Waals surface area contributed by atoms with E-state index in [4.69, 9.17) is 9.15 Å². The van der Waals surface area contributed by atoms with Crippen molar-refractivity contribution in [1.82, 2.24) is 5.32 Å². The molecule has 1 aromatic heterocycles. The Labute approximate surface area is 107 Å². The first-order valence-electron chi connectivity index (χ1n) is 6.53. The smallest absolute Gasteiger partial charge is 0.134 e. The number of para-hydroxylation sites is 1. The molecule has 2 aromatic rings. The van der Waals surface area contributed by atoms with Crippen LogP contribution in [0.2, 0.25) is 0 Å². The second kappa shape index (κ2) is 4.75. The molecule has 0 bridgehead atoms. The van der Waals surface area contributed by atoms with E-state index in [0.717, 1.165) is 24.2 Å². The molecule has 1 saturated carbocycles. The first-order chi connectivity index (χ1) is 8.76. The van der Waals surface area contributed by atoms with Crippen molar-refractivity contribution in [2.75, 3.05) is 7.11 Å². The number of rotatable bonds is 4. The predicted molar refractivity (Wildman–Crippen MR) is 71.6 cm³/mol. The fraction of sp³-hybridized carbons (Fsp3) is 0.467. The highest BCUT2D eigenvalue weighted by molar-refractivity contribution is 5.77. The summed E-state index contributed by atoms with van der Waals surface area (Å²) in [5.41, 5.74) is 0.963. The number of hydrogen-bond donors (Lipinski definition) is 1.